The summed E-state index contributed by atoms with van der Waals surface area (Å²) < 4.78 is 0. The van der Waals surface area contributed by atoms with Crippen molar-refractivity contribution in [1.82, 2.24) is 15.6 Å². The molecule has 2 aromatic heterocycles. The fraction of sp³-hybridized carbons (Fsp3) is 0.556. The number of nitrogens with one attached hydrogen (secondary N) is 2. The van der Waals surface area contributed by atoms with Crippen molar-refractivity contribution >= 4 is 28.6 Å². The first-order valence-electron chi connectivity index (χ1n) is 8.44. The zero-order chi connectivity index (χ0) is 18.5. The Hall–Kier alpha value is -1.44. The largest absolute Gasteiger partial charge is 0.384 e. The van der Waals surface area contributed by atoms with E-state index in [0.717, 1.165) is 22.8 Å². The fourth-order valence-electron chi connectivity index (χ4n) is 2.15. The number of hydrogen-bond acceptors (Lipinski definition) is 5. The van der Waals surface area contributed by atoms with Crippen LogP contribution in [-0.2, 0) is 17.6 Å². The number of nitrogens with zero attached hydrogens (tertiary/aromatic N) is 2. The molecule has 0 bridgehead atoms. The molecular weight excluding hydrogens is 352 g/mol. The molecule has 0 spiro atoms. The van der Waals surface area contributed by atoms with E-state index in [2.05, 4.69) is 46.8 Å². The van der Waals surface area contributed by atoms with Gasteiger partial charge >= 0.3 is 0 Å². The third-order valence-electron chi connectivity index (χ3n) is 3.68. The second-order valence-corrected chi connectivity index (χ2v) is 8.87. The lowest BCUT2D eigenvalue weighted by atomic mass is 9.98. The van der Waals surface area contributed by atoms with Crippen LogP contribution in [0.2, 0.25) is 0 Å². The fourth-order valence-corrected chi connectivity index (χ4v) is 3.84. The Balaban J connectivity index is 2.00. The predicted molar refractivity (Wildman–Crippen MR) is 108 cm³/mol. The monoisotopic (exact) mass is 380 g/mol. The quantitative estimate of drug-likeness (QED) is 0.530. The summed E-state index contributed by atoms with van der Waals surface area (Å²) in [6.45, 7) is 12.0. The van der Waals surface area contributed by atoms with Gasteiger partial charge in [0.1, 0.15) is 5.60 Å². The molecule has 2 aromatic rings. The molecule has 2 heterocycles. The van der Waals surface area contributed by atoms with E-state index >= 15 is 0 Å². The summed E-state index contributed by atoms with van der Waals surface area (Å²) in [5, 5.41) is 24.2. The molecule has 0 aliphatic rings. The van der Waals surface area contributed by atoms with E-state index in [9.17, 15) is 5.11 Å². The molecule has 2 rings (SSSR count). The molecule has 0 amide bonds. The van der Waals surface area contributed by atoms with Gasteiger partial charge in [0.15, 0.2) is 5.96 Å². The number of aromatic nitrogens is 1. The summed E-state index contributed by atoms with van der Waals surface area (Å²) in [6, 6.07) is 1.94. The van der Waals surface area contributed by atoms with E-state index in [1.807, 2.05) is 30.7 Å². The average molecular weight is 381 g/mol. The van der Waals surface area contributed by atoms with Crippen LogP contribution in [0.5, 0.6) is 0 Å². The standard InChI is InChI=1S/C18H28N4OS2/c1-6-19-16(21-12-18(5,23)13-7-8-24-10-13)20-9-14-11-25-15(22-14)17(2,3)4/h7-8,10-11,23H,6,9,12H2,1-5H3,(H2,19,20,21). The molecule has 0 radical (unpaired) electrons. The van der Waals surface area contributed by atoms with Gasteiger partial charge in [-0.05, 0) is 36.2 Å². The minimum atomic E-state index is -0.934. The molecular formula is C18H28N4OS2. The van der Waals surface area contributed by atoms with Gasteiger partial charge in [-0.1, -0.05) is 20.8 Å². The van der Waals surface area contributed by atoms with Crippen LogP contribution in [0, 0.1) is 0 Å². The molecule has 5 nitrogen and oxygen atoms in total. The number of guanidine groups is 1. The number of hydrogen-bond donors (Lipinski definition) is 3. The van der Waals surface area contributed by atoms with Crippen molar-refractivity contribution in [1.29, 1.82) is 0 Å². The lowest BCUT2D eigenvalue weighted by Crippen LogP contribution is -2.44. The summed E-state index contributed by atoms with van der Waals surface area (Å²) >= 11 is 3.26. The van der Waals surface area contributed by atoms with Crippen molar-refractivity contribution in [3.63, 3.8) is 0 Å². The maximum atomic E-state index is 10.6. The van der Waals surface area contributed by atoms with Crippen LogP contribution >= 0.6 is 22.7 Å². The van der Waals surface area contributed by atoms with Gasteiger partial charge in [0.25, 0.3) is 0 Å². The molecule has 0 aliphatic heterocycles. The van der Waals surface area contributed by atoms with Crippen LogP contribution in [0.1, 0.15) is 50.9 Å². The summed E-state index contributed by atoms with van der Waals surface area (Å²) in [7, 11) is 0. The number of aliphatic imine (C=N–C) groups is 1. The first-order chi connectivity index (χ1) is 11.7. The molecule has 0 aliphatic carbocycles. The maximum absolute atomic E-state index is 10.6. The SMILES string of the molecule is CCNC(=NCc1csc(C(C)(C)C)n1)NCC(C)(O)c1ccsc1. The van der Waals surface area contributed by atoms with E-state index in [1.165, 1.54) is 0 Å². The van der Waals surface area contributed by atoms with Gasteiger partial charge in [0.2, 0.25) is 0 Å². The number of aliphatic hydroxyl groups is 1. The smallest absolute Gasteiger partial charge is 0.191 e. The summed E-state index contributed by atoms with van der Waals surface area (Å²) in [4.78, 5) is 9.26. The molecule has 0 aromatic carbocycles. The Kier molecular flexibility index (Phi) is 6.59. The summed E-state index contributed by atoms with van der Waals surface area (Å²) in [6.07, 6.45) is 0. The molecule has 3 N–H and O–H groups in total. The van der Waals surface area contributed by atoms with Crippen LogP contribution in [0.15, 0.2) is 27.2 Å². The number of thiophene rings is 1. The Bertz CT molecular complexity index is 684. The zero-order valence-electron chi connectivity index (χ0n) is 15.6. The van der Waals surface area contributed by atoms with E-state index in [0.29, 0.717) is 19.0 Å². The average Bonchev–Trinajstić information content (AvgIpc) is 3.20. The van der Waals surface area contributed by atoms with Gasteiger partial charge < -0.3 is 15.7 Å². The van der Waals surface area contributed by atoms with Crippen LogP contribution in [0.25, 0.3) is 0 Å². The second-order valence-electron chi connectivity index (χ2n) is 7.23. The van der Waals surface area contributed by atoms with Gasteiger partial charge in [-0.15, -0.1) is 11.3 Å². The van der Waals surface area contributed by atoms with Gasteiger partial charge in [-0.25, -0.2) is 9.98 Å². The van der Waals surface area contributed by atoms with Gasteiger partial charge in [-0.3, -0.25) is 0 Å². The van der Waals surface area contributed by atoms with Gasteiger partial charge in [0, 0.05) is 17.3 Å². The predicted octanol–water partition coefficient (Wildman–Crippen LogP) is 3.46. The van der Waals surface area contributed by atoms with Crippen molar-refractivity contribution in [3.8, 4) is 0 Å². The lowest BCUT2D eigenvalue weighted by molar-refractivity contribution is 0.0621. The van der Waals surface area contributed by atoms with Crippen LogP contribution in [0.4, 0.5) is 0 Å². The molecule has 7 heteroatoms. The third kappa shape index (κ3) is 5.80. The highest BCUT2D eigenvalue weighted by molar-refractivity contribution is 7.09. The van der Waals surface area contributed by atoms with E-state index in [4.69, 9.17) is 0 Å². The number of thiazole rings is 1. The zero-order valence-corrected chi connectivity index (χ0v) is 17.2. The van der Waals surface area contributed by atoms with Crippen molar-refractivity contribution in [2.75, 3.05) is 13.1 Å². The maximum Gasteiger partial charge on any atom is 0.191 e. The Morgan fingerprint density at radius 1 is 1.24 bits per heavy atom. The van der Waals surface area contributed by atoms with E-state index < -0.39 is 5.60 Å². The highest BCUT2D eigenvalue weighted by Gasteiger charge is 2.23. The summed E-state index contributed by atoms with van der Waals surface area (Å²) in [5.74, 6) is 0.684. The highest BCUT2D eigenvalue weighted by Crippen LogP contribution is 2.25. The van der Waals surface area contributed by atoms with Crippen molar-refractivity contribution < 1.29 is 5.11 Å². The van der Waals surface area contributed by atoms with Crippen LogP contribution < -0.4 is 10.6 Å². The Morgan fingerprint density at radius 3 is 2.56 bits per heavy atom. The molecule has 1 atom stereocenters. The van der Waals surface area contributed by atoms with Crippen molar-refractivity contribution in [2.24, 2.45) is 4.99 Å². The molecule has 138 valence electrons. The molecule has 0 saturated heterocycles. The topological polar surface area (TPSA) is 69.5 Å². The summed E-state index contributed by atoms with van der Waals surface area (Å²) in [5.41, 5.74) is 1.01. The Labute approximate surface area is 158 Å². The Morgan fingerprint density at radius 2 is 2.00 bits per heavy atom. The molecule has 1 unspecified atom stereocenters. The first kappa shape index (κ1) is 19.9. The molecule has 0 saturated carbocycles. The minimum absolute atomic E-state index is 0.0641. The van der Waals surface area contributed by atoms with Crippen molar-refractivity contribution in [3.05, 3.63) is 38.5 Å². The second kappa shape index (κ2) is 8.29. The normalized spacial score (nSPS) is 15.0. The number of rotatable bonds is 6. The lowest BCUT2D eigenvalue weighted by Gasteiger charge is -2.24. The van der Waals surface area contributed by atoms with Crippen molar-refractivity contribution in [2.45, 2.75) is 52.2 Å². The molecule has 0 fully saturated rings. The van der Waals surface area contributed by atoms with Gasteiger partial charge in [-0.2, -0.15) is 11.3 Å². The van der Waals surface area contributed by atoms with E-state index in [1.54, 1.807) is 22.7 Å². The van der Waals surface area contributed by atoms with Crippen LogP contribution in [0.3, 0.4) is 0 Å². The van der Waals surface area contributed by atoms with Crippen LogP contribution in [-0.4, -0.2) is 29.1 Å². The van der Waals surface area contributed by atoms with E-state index in [-0.39, 0.29) is 5.41 Å². The molecule has 25 heavy (non-hydrogen) atoms. The first-order valence-corrected chi connectivity index (χ1v) is 10.3. The van der Waals surface area contributed by atoms with Gasteiger partial charge in [0.05, 0.1) is 23.8 Å². The third-order valence-corrected chi connectivity index (χ3v) is 5.68. The minimum Gasteiger partial charge on any atom is -0.384 e. The highest BCUT2D eigenvalue weighted by atomic mass is 32.1.